The average Bonchev–Trinajstić information content (AvgIpc) is 2.88. The molecule has 0 N–H and O–H groups in total. The first-order chi connectivity index (χ1) is 16.9. The van der Waals surface area contributed by atoms with Crippen molar-refractivity contribution < 1.29 is 14.3 Å². The Labute approximate surface area is 209 Å². The normalized spacial score (nSPS) is 15.2. The van der Waals surface area contributed by atoms with Crippen LogP contribution in [0.5, 0.6) is 0 Å². The first kappa shape index (κ1) is 25.0. The Morgan fingerprint density at radius 2 is 1.86 bits per heavy atom. The van der Waals surface area contributed by atoms with Crippen molar-refractivity contribution in [3.05, 3.63) is 70.0 Å². The Bertz CT molecular complexity index is 1270. The van der Waals surface area contributed by atoms with E-state index in [0.717, 1.165) is 31.5 Å². The minimum Gasteiger partial charge on any atom is -0.465 e. The molecule has 3 aromatic rings. The van der Waals surface area contributed by atoms with Crippen molar-refractivity contribution >= 4 is 34.5 Å². The van der Waals surface area contributed by atoms with Crippen LogP contribution in [0, 0.1) is 5.92 Å². The van der Waals surface area contributed by atoms with Gasteiger partial charge in [-0.15, -0.1) is 0 Å². The lowest BCUT2D eigenvalue weighted by Crippen LogP contribution is -2.42. The van der Waals surface area contributed by atoms with Crippen LogP contribution in [0.2, 0.25) is 0 Å². The lowest BCUT2D eigenvalue weighted by molar-refractivity contribution is -0.131. The van der Waals surface area contributed by atoms with Gasteiger partial charge in [0.05, 0.1) is 28.8 Å². The number of nitrogens with zero attached hydrogens (tertiary/aromatic N) is 3. The Kier molecular flexibility index (Phi) is 7.90. The Morgan fingerprint density at radius 1 is 1.14 bits per heavy atom. The van der Waals surface area contributed by atoms with Gasteiger partial charge in [-0.1, -0.05) is 49.0 Å². The van der Waals surface area contributed by atoms with E-state index in [1.165, 1.54) is 18.9 Å². The molecule has 0 aliphatic carbocycles. The van der Waals surface area contributed by atoms with Crippen LogP contribution in [0.1, 0.15) is 42.6 Å². The van der Waals surface area contributed by atoms with E-state index >= 15 is 0 Å². The summed E-state index contributed by atoms with van der Waals surface area (Å²) < 4.78 is 6.47. The molecule has 7 nitrogen and oxygen atoms in total. The number of piperidine rings is 1. The molecule has 1 atom stereocenters. The zero-order chi connectivity index (χ0) is 24.9. The van der Waals surface area contributed by atoms with Gasteiger partial charge in [-0.3, -0.25) is 14.2 Å². The van der Waals surface area contributed by atoms with Crippen molar-refractivity contribution in [2.45, 2.75) is 50.1 Å². The van der Waals surface area contributed by atoms with Gasteiger partial charge < -0.3 is 9.64 Å². The predicted octanol–water partition coefficient (Wildman–Crippen LogP) is 4.16. The van der Waals surface area contributed by atoms with E-state index in [9.17, 15) is 14.4 Å². The number of rotatable bonds is 7. The van der Waals surface area contributed by atoms with Crippen LogP contribution in [-0.4, -0.2) is 51.8 Å². The van der Waals surface area contributed by atoms with Gasteiger partial charge in [0, 0.05) is 19.6 Å². The summed E-state index contributed by atoms with van der Waals surface area (Å²) in [5.74, 6) is 0.213. The summed E-state index contributed by atoms with van der Waals surface area (Å²) in [6.07, 6.45) is 2.68. The zero-order valence-corrected chi connectivity index (χ0v) is 21.2. The molecule has 0 bridgehead atoms. The quantitative estimate of drug-likeness (QED) is 0.279. The van der Waals surface area contributed by atoms with E-state index in [-0.39, 0.29) is 16.7 Å². The Balaban J connectivity index is 1.67. The van der Waals surface area contributed by atoms with Gasteiger partial charge in [0.25, 0.3) is 5.56 Å². The highest BCUT2D eigenvalue weighted by atomic mass is 32.2. The molecule has 1 fully saturated rings. The largest absolute Gasteiger partial charge is 0.465 e. The van der Waals surface area contributed by atoms with E-state index in [2.05, 4.69) is 6.92 Å². The second-order valence-electron chi connectivity index (χ2n) is 9.08. The van der Waals surface area contributed by atoms with E-state index in [1.807, 2.05) is 42.2 Å². The maximum absolute atomic E-state index is 13.5. The molecule has 1 amide bonds. The fraction of sp³-hybridized carbons (Fsp3) is 0.407. The topological polar surface area (TPSA) is 81.5 Å². The second kappa shape index (κ2) is 11.1. The van der Waals surface area contributed by atoms with Crippen LogP contribution in [0.3, 0.4) is 0 Å². The highest BCUT2D eigenvalue weighted by Crippen LogP contribution is 2.26. The van der Waals surface area contributed by atoms with Gasteiger partial charge in [-0.05, 0) is 55.9 Å². The number of aryl methyl sites for hydroxylation is 1. The first-order valence-corrected chi connectivity index (χ1v) is 12.9. The molecule has 1 aliphatic heterocycles. The summed E-state index contributed by atoms with van der Waals surface area (Å²) in [7, 11) is 1.32. The highest BCUT2D eigenvalue weighted by molar-refractivity contribution is 8.00. The Hall–Kier alpha value is -3.13. The van der Waals surface area contributed by atoms with Crippen LogP contribution in [0.25, 0.3) is 10.9 Å². The number of thioether (sulfide) groups is 1. The van der Waals surface area contributed by atoms with Crippen molar-refractivity contribution in [1.82, 2.24) is 14.5 Å². The summed E-state index contributed by atoms with van der Waals surface area (Å²) in [6.45, 7) is 6.05. The number of benzene rings is 2. The SMILES string of the molecule is COC(=O)c1ccc2c(=O)n(CCc3ccccc3)c(S[C@H](C)C(=O)N3CCC(C)CC3)nc2c1. The number of esters is 1. The molecule has 0 radical (unpaired) electrons. The van der Waals surface area contributed by atoms with Crippen LogP contribution in [-0.2, 0) is 22.5 Å². The molecular weight excluding hydrogens is 462 g/mol. The predicted molar refractivity (Wildman–Crippen MR) is 138 cm³/mol. The number of amides is 1. The number of carbonyl (C=O) groups excluding carboxylic acids is 2. The summed E-state index contributed by atoms with van der Waals surface area (Å²) in [5, 5.41) is 0.519. The standard InChI is InChI=1S/C27H31N3O4S/c1-18-11-14-29(15-12-18)24(31)19(2)35-27-28-23-17-21(26(33)34-3)9-10-22(23)25(32)30(27)16-13-20-7-5-4-6-8-20/h4-10,17-19H,11-16H2,1-3H3/t19-/m1/s1. The number of hydrogen-bond donors (Lipinski definition) is 0. The number of carbonyl (C=O) groups is 2. The van der Waals surface area contributed by atoms with Crippen LogP contribution < -0.4 is 5.56 Å². The average molecular weight is 494 g/mol. The van der Waals surface area contributed by atoms with Gasteiger partial charge >= 0.3 is 5.97 Å². The van der Waals surface area contributed by atoms with Crippen molar-refractivity contribution in [3.63, 3.8) is 0 Å². The number of fused-ring (bicyclic) bond motifs is 1. The molecule has 1 saturated heterocycles. The molecule has 0 saturated carbocycles. The molecule has 2 heterocycles. The summed E-state index contributed by atoms with van der Waals surface area (Å²) in [4.78, 5) is 45.4. The molecular formula is C27H31N3O4S. The van der Waals surface area contributed by atoms with E-state index in [4.69, 9.17) is 9.72 Å². The molecule has 184 valence electrons. The third kappa shape index (κ3) is 5.75. The van der Waals surface area contributed by atoms with Crippen molar-refractivity contribution in [2.24, 2.45) is 5.92 Å². The molecule has 0 spiro atoms. The lowest BCUT2D eigenvalue weighted by Gasteiger charge is -2.32. The Morgan fingerprint density at radius 3 is 2.54 bits per heavy atom. The summed E-state index contributed by atoms with van der Waals surface area (Å²) in [5.41, 5.74) is 1.68. The monoisotopic (exact) mass is 493 g/mol. The minimum absolute atomic E-state index is 0.0640. The van der Waals surface area contributed by atoms with Crippen molar-refractivity contribution in [1.29, 1.82) is 0 Å². The maximum Gasteiger partial charge on any atom is 0.337 e. The molecule has 0 unspecified atom stereocenters. The molecule has 35 heavy (non-hydrogen) atoms. The summed E-state index contributed by atoms with van der Waals surface area (Å²) >= 11 is 1.30. The van der Waals surface area contributed by atoms with Crippen LogP contribution in [0.15, 0.2) is 58.5 Å². The van der Waals surface area contributed by atoms with E-state index in [1.54, 1.807) is 22.8 Å². The number of methoxy groups -OCH3 is 1. The van der Waals surface area contributed by atoms with E-state index < -0.39 is 5.97 Å². The number of hydrogen-bond acceptors (Lipinski definition) is 6. The smallest absolute Gasteiger partial charge is 0.337 e. The fourth-order valence-electron chi connectivity index (χ4n) is 4.31. The summed E-state index contributed by atoms with van der Waals surface area (Å²) in [6, 6.07) is 14.7. The van der Waals surface area contributed by atoms with E-state index in [0.29, 0.717) is 40.5 Å². The van der Waals surface area contributed by atoms with Gasteiger partial charge in [0.15, 0.2) is 5.16 Å². The minimum atomic E-state index is -0.487. The van der Waals surface area contributed by atoms with Gasteiger partial charge in [0.2, 0.25) is 5.91 Å². The third-order valence-electron chi connectivity index (χ3n) is 6.53. The van der Waals surface area contributed by atoms with Gasteiger partial charge in [-0.2, -0.15) is 0 Å². The third-order valence-corrected chi connectivity index (χ3v) is 7.61. The molecule has 4 rings (SSSR count). The van der Waals surface area contributed by atoms with Crippen LogP contribution >= 0.6 is 11.8 Å². The molecule has 1 aromatic heterocycles. The number of likely N-dealkylation sites (tertiary alicyclic amines) is 1. The second-order valence-corrected chi connectivity index (χ2v) is 10.4. The molecule has 2 aromatic carbocycles. The fourth-order valence-corrected chi connectivity index (χ4v) is 5.33. The first-order valence-electron chi connectivity index (χ1n) is 12.0. The molecule has 8 heteroatoms. The zero-order valence-electron chi connectivity index (χ0n) is 20.4. The number of aromatic nitrogens is 2. The number of ether oxygens (including phenoxy) is 1. The highest BCUT2D eigenvalue weighted by Gasteiger charge is 2.27. The molecule has 1 aliphatic rings. The van der Waals surface area contributed by atoms with Gasteiger partial charge in [-0.25, -0.2) is 9.78 Å². The lowest BCUT2D eigenvalue weighted by atomic mass is 9.99. The van der Waals surface area contributed by atoms with Crippen molar-refractivity contribution in [2.75, 3.05) is 20.2 Å². The van der Waals surface area contributed by atoms with Crippen LogP contribution in [0.4, 0.5) is 0 Å². The van der Waals surface area contributed by atoms with Crippen molar-refractivity contribution in [3.8, 4) is 0 Å². The van der Waals surface area contributed by atoms with Gasteiger partial charge in [0.1, 0.15) is 0 Å². The maximum atomic E-state index is 13.5.